The van der Waals surface area contributed by atoms with E-state index in [1.54, 1.807) is 0 Å². The Hall–Kier alpha value is -0.910. The third kappa shape index (κ3) is 3.87. The summed E-state index contributed by atoms with van der Waals surface area (Å²) in [6.07, 6.45) is 0. The predicted molar refractivity (Wildman–Crippen MR) is 53.3 cm³/mol. The first-order chi connectivity index (χ1) is 6.40. The van der Waals surface area contributed by atoms with Gasteiger partial charge in [-0.3, -0.25) is 13.8 Å². The summed E-state index contributed by atoms with van der Waals surface area (Å²) in [5.41, 5.74) is 0. The number of carbonyl (C=O) groups is 2. The van der Waals surface area contributed by atoms with E-state index in [1.807, 2.05) is 0 Å². The molecule has 0 bridgehead atoms. The molecular formula is C8H15NO4S. The molecule has 0 aromatic heterocycles. The van der Waals surface area contributed by atoms with Crippen molar-refractivity contribution in [2.75, 3.05) is 12.8 Å². The van der Waals surface area contributed by atoms with Gasteiger partial charge in [0, 0.05) is 23.6 Å². The van der Waals surface area contributed by atoms with Gasteiger partial charge < -0.3 is 10.4 Å². The molecule has 5 nitrogen and oxygen atoms in total. The van der Waals surface area contributed by atoms with Crippen LogP contribution in [-0.2, 0) is 20.4 Å². The van der Waals surface area contributed by atoms with Gasteiger partial charge in [-0.1, -0.05) is 6.92 Å². The molecule has 3 atom stereocenters. The summed E-state index contributed by atoms with van der Waals surface area (Å²) in [5, 5.41) is 10.3. The second-order valence-electron chi connectivity index (χ2n) is 3.04. The summed E-state index contributed by atoms with van der Waals surface area (Å²) >= 11 is 0. The maximum Gasteiger partial charge on any atom is 0.307 e. The van der Waals surface area contributed by atoms with E-state index < -0.39 is 27.9 Å². The molecule has 0 aromatic carbocycles. The molecule has 14 heavy (non-hydrogen) atoms. The minimum Gasteiger partial charge on any atom is -0.481 e. The summed E-state index contributed by atoms with van der Waals surface area (Å²) in [4.78, 5) is 21.5. The molecule has 0 heterocycles. The van der Waals surface area contributed by atoms with E-state index in [9.17, 15) is 13.8 Å². The Balaban J connectivity index is 4.21. The molecule has 82 valence electrons. The van der Waals surface area contributed by atoms with Crippen molar-refractivity contribution in [1.29, 1.82) is 0 Å². The summed E-state index contributed by atoms with van der Waals surface area (Å²) in [6, 6.07) is 0. The molecule has 0 rings (SSSR count). The lowest BCUT2D eigenvalue weighted by Gasteiger charge is -2.11. The predicted octanol–water partition coefficient (Wildman–Crippen LogP) is -0.410. The lowest BCUT2D eigenvalue weighted by atomic mass is 10.2. The monoisotopic (exact) mass is 221 g/mol. The largest absolute Gasteiger partial charge is 0.481 e. The third-order valence-corrected chi connectivity index (χ3v) is 3.68. The Morgan fingerprint density at radius 1 is 1.43 bits per heavy atom. The number of rotatable bonds is 5. The van der Waals surface area contributed by atoms with Gasteiger partial charge in [-0.2, -0.15) is 0 Å². The molecule has 0 saturated heterocycles. The Labute approximate surface area is 85.3 Å². The number of carbonyl (C=O) groups excluding carboxylic acids is 1. The zero-order valence-electron chi connectivity index (χ0n) is 8.44. The minimum absolute atomic E-state index is 0.00389. The Kier molecular flexibility index (Phi) is 5.37. The smallest absolute Gasteiger partial charge is 0.307 e. The van der Waals surface area contributed by atoms with Crippen LogP contribution < -0.4 is 5.32 Å². The van der Waals surface area contributed by atoms with E-state index in [4.69, 9.17) is 5.11 Å². The van der Waals surface area contributed by atoms with Crippen LogP contribution in [0, 0.1) is 5.92 Å². The van der Waals surface area contributed by atoms with E-state index in [0.29, 0.717) is 0 Å². The van der Waals surface area contributed by atoms with Crippen molar-refractivity contribution in [3.63, 3.8) is 0 Å². The van der Waals surface area contributed by atoms with Crippen LogP contribution in [0.5, 0.6) is 0 Å². The number of hydrogen-bond donors (Lipinski definition) is 2. The van der Waals surface area contributed by atoms with Gasteiger partial charge in [0.2, 0.25) is 5.91 Å². The molecule has 0 saturated carbocycles. The molecule has 0 radical (unpaired) electrons. The van der Waals surface area contributed by atoms with Gasteiger partial charge in [0.15, 0.2) is 0 Å². The SMILES string of the molecule is CNC(=O)C(C)S(=O)CC(C)C(=O)O. The highest BCUT2D eigenvalue weighted by atomic mass is 32.2. The highest BCUT2D eigenvalue weighted by Crippen LogP contribution is 2.04. The van der Waals surface area contributed by atoms with Crippen molar-refractivity contribution < 1.29 is 18.9 Å². The highest BCUT2D eigenvalue weighted by molar-refractivity contribution is 7.86. The molecule has 1 amide bonds. The van der Waals surface area contributed by atoms with Crippen LogP contribution in [0.3, 0.4) is 0 Å². The van der Waals surface area contributed by atoms with Crippen molar-refractivity contribution in [2.45, 2.75) is 19.1 Å². The van der Waals surface area contributed by atoms with Gasteiger partial charge in [0.1, 0.15) is 5.25 Å². The number of hydrogen-bond acceptors (Lipinski definition) is 3. The molecule has 0 aliphatic heterocycles. The van der Waals surface area contributed by atoms with Crippen molar-refractivity contribution in [2.24, 2.45) is 5.92 Å². The van der Waals surface area contributed by atoms with Crippen LogP contribution in [0.2, 0.25) is 0 Å². The van der Waals surface area contributed by atoms with Gasteiger partial charge in [0.25, 0.3) is 0 Å². The molecule has 0 aromatic rings. The van der Waals surface area contributed by atoms with E-state index in [2.05, 4.69) is 5.32 Å². The summed E-state index contributed by atoms with van der Waals surface area (Å²) in [5.74, 6) is -2.02. The van der Waals surface area contributed by atoms with Crippen LogP contribution in [0.25, 0.3) is 0 Å². The Bertz CT molecular complexity index is 254. The van der Waals surface area contributed by atoms with E-state index in [1.165, 1.54) is 20.9 Å². The van der Waals surface area contributed by atoms with Gasteiger partial charge in [0.05, 0.1) is 5.92 Å². The zero-order valence-corrected chi connectivity index (χ0v) is 9.26. The van der Waals surface area contributed by atoms with Crippen LogP contribution in [0.1, 0.15) is 13.8 Å². The topological polar surface area (TPSA) is 83.5 Å². The molecule has 6 heteroatoms. The summed E-state index contributed by atoms with van der Waals surface area (Å²) in [7, 11) is 0.0167. The average Bonchev–Trinajstić information content (AvgIpc) is 2.14. The first-order valence-corrected chi connectivity index (χ1v) is 5.60. The minimum atomic E-state index is -1.44. The first kappa shape index (κ1) is 13.1. The number of carboxylic acid groups (broad SMARTS) is 1. The van der Waals surface area contributed by atoms with Crippen LogP contribution in [-0.4, -0.2) is 39.2 Å². The van der Waals surface area contributed by atoms with Crippen LogP contribution >= 0.6 is 0 Å². The quantitative estimate of drug-likeness (QED) is 0.661. The summed E-state index contributed by atoms with van der Waals surface area (Å²) in [6.45, 7) is 2.99. The maximum absolute atomic E-state index is 11.4. The van der Waals surface area contributed by atoms with E-state index >= 15 is 0 Å². The fraction of sp³-hybridized carbons (Fsp3) is 0.750. The Morgan fingerprint density at radius 3 is 2.29 bits per heavy atom. The van der Waals surface area contributed by atoms with Gasteiger partial charge in [-0.05, 0) is 6.92 Å². The van der Waals surface area contributed by atoms with Gasteiger partial charge >= 0.3 is 5.97 Å². The fourth-order valence-corrected chi connectivity index (χ4v) is 2.07. The van der Waals surface area contributed by atoms with Crippen molar-refractivity contribution in [3.8, 4) is 0 Å². The molecule has 3 unspecified atom stereocenters. The maximum atomic E-state index is 11.4. The van der Waals surface area contributed by atoms with Crippen LogP contribution in [0.15, 0.2) is 0 Å². The molecule has 0 aliphatic carbocycles. The zero-order chi connectivity index (χ0) is 11.3. The number of carboxylic acids is 1. The van der Waals surface area contributed by atoms with E-state index in [0.717, 1.165) is 0 Å². The van der Waals surface area contributed by atoms with E-state index in [-0.39, 0.29) is 11.7 Å². The van der Waals surface area contributed by atoms with Gasteiger partial charge in [-0.15, -0.1) is 0 Å². The molecule has 0 fully saturated rings. The second-order valence-corrected chi connectivity index (χ2v) is 4.85. The fourth-order valence-electron chi connectivity index (χ4n) is 0.785. The van der Waals surface area contributed by atoms with Crippen molar-refractivity contribution in [1.82, 2.24) is 5.32 Å². The molecule has 0 spiro atoms. The standard InChI is InChI=1S/C8H15NO4S/c1-5(8(11)12)4-14(13)6(2)7(10)9-3/h5-6H,4H2,1-3H3,(H,9,10)(H,11,12). The van der Waals surface area contributed by atoms with Crippen molar-refractivity contribution >= 4 is 22.7 Å². The molecule has 0 aliphatic rings. The third-order valence-electron chi connectivity index (χ3n) is 1.85. The number of nitrogens with one attached hydrogen (secondary N) is 1. The van der Waals surface area contributed by atoms with Gasteiger partial charge in [-0.25, -0.2) is 0 Å². The first-order valence-electron chi connectivity index (χ1n) is 4.21. The lowest BCUT2D eigenvalue weighted by molar-refractivity contribution is -0.140. The normalized spacial score (nSPS) is 16.8. The van der Waals surface area contributed by atoms with Crippen molar-refractivity contribution in [3.05, 3.63) is 0 Å². The summed E-state index contributed by atoms with van der Waals surface area (Å²) < 4.78 is 11.4. The Morgan fingerprint density at radius 2 is 1.93 bits per heavy atom. The average molecular weight is 221 g/mol. The molecular weight excluding hydrogens is 206 g/mol. The molecule has 2 N–H and O–H groups in total. The number of aliphatic carboxylic acids is 1. The van der Waals surface area contributed by atoms with Crippen LogP contribution in [0.4, 0.5) is 0 Å². The lowest BCUT2D eigenvalue weighted by Crippen LogP contribution is -2.35. The second kappa shape index (κ2) is 5.74. The highest BCUT2D eigenvalue weighted by Gasteiger charge is 2.23. The number of amides is 1.